The van der Waals surface area contributed by atoms with Gasteiger partial charge in [0.2, 0.25) is 0 Å². The van der Waals surface area contributed by atoms with Crippen LogP contribution in [0.5, 0.6) is 0 Å². The minimum atomic E-state index is -0.189. The fraction of sp³-hybridized carbons (Fsp3) is 0.407. The Hall–Kier alpha value is -7.56. The van der Waals surface area contributed by atoms with Gasteiger partial charge in [0.15, 0.2) is 0 Å². The molecule has 9 aromatic rings. The maximum absolute atomic E-state index is 2.98. The lowest BCUT2D eigenvalue weighted by atomic mass is 9.33. The lowest BCUT2D eigenvalue weighted by Gasteiger charge is -2.53. The first-order chi connectivity index (χ1) is 44.5. The highest BCUT2D eigenvalue weighted by Crippen LogP contribution is 2.63. The van der Waals surface area contributed by atoms with Crippen LogP contribution in [0.3, 0.4) is 0 Å². The summed E-state index contributed by atoms with van der Waals surface area (Å²) in [6, 6.07) is 73.6. The molecule has 3 aliphatic heterocycles. The van der Waals surface area contributed by atoms with E-state index in [2.05, 4.69) is 342 Å². The molecule has 95 heavy (non-hydrogen) atoms. The fourth-order valence-corrected chi connectivity index (χ4v) is 17.6. The third kappa shape index (κ3) is 10.7. The molecule has 3 heterocycles. The number of hydrogen-bond acceptors (Lipinski definition) is 3. The fourth-order valence-electron chi connectivity index (χ4n) is 17.6. The first kappa shape index (κ1) is 64.8. The van der Waals surface area contributed by atoms with Gasteiger partial charge in [-0.3, -0.25) is 0 Å². The van der Waals surface area contributed by atoms with Crippen molar-refractivity contribution in [2.75, 3.05) is 14.7 Å². The van der Waals surface area contributed by atoms with Crippen molar-refractivity contribution in [1.29, 1.82) is 0 Å². The Bertz CT molecular complexity index is 4340. The summed E-state index contributed by atoms with van der Waals surface area (Å²) in [4.78, 5) is 8.33. The lowest BCUT2D eigenvalue weighted by molar-refractivity contribution is 0.195. The summed E-state index contributed by atoms with van der Waals surface area (Å²) in [5.41, 5.74) is 31.5. The van der Waals surface area contributed by atoms with E-state index in [1.54, 1.807) is 5.56 Å². The van der Waals surface area contributed by atoms with E-state index in [4.69, 9.17) is 0 Å². The highest BCUT2D eigenvalue weighted by atomic mass is 15.3. The van der Waals surface area contributed by atoms with Crippen molar-refractivity contribution in [3.05, 3.63) is 243 Å². The van der Waals surface area contributed by atoms with Crippen LogP contribution in [0.1, 0.15) is 251 Å². The van der Waals surface area contributed by atoms with Crippen molar-refractivity contribution in [1.82, 2.24) is 0 Å². The lowest BCUT2D eigenvalue weighted by Crippen LogP contribution is -2.64. The monoisotopic (exact) mass is 1250 g/mol. The van der Waals surface area contributed by atoms with Gasteiger partial charge in [0, 0.05) is 56.7 Å². The SMILES string of the molecule is CC(C)(C)c1ccc(C(c2ccc(C(C)(C)C)cc2)c2cc3c4c(c2)N2c5c(cc(C(C)(C)C)cc5C5(C)CCCCC25C)B4c2ccc(N(c4ccc(C(C)(C)C)cc4)c4ccc(C(C)(C)C)cc4)cc2N3c2cc3c(cc2-c2ccccc2)C(C)(C)CCC3(C)C)cc1. The molecule has 2 atom stereocenters. The van der Waals surface area contributed by atoms with Crippen molar-refractivity contribution in [2.45, 2.75) is 239 Å². The molecule has 488 valence electrons. The average Bonchev–Trinajstić information content (AvgIpc) is 1.55. The number of anilines is 8. The van der Waals surface area contributed by atoms with E-state index >= 15 is 0 Å². The Kier molecular flexibility index (Phi) is 15.0. The quantitative estimate of drug-likeness (QED) is 0.111. The van der Waals surface area contributed by atoms with Gasteiger partial charge in [0.1, 0.15) is 0 Å². The summed E-state index contributed by atoms with van der Waals surface area (Å²) in [5.74, 6) is -0.0793. The molecule has 0 aromatic heterocycles. The van der Waals surface area contributed by atoms with Crippen molar-refractivity contribution in [3.8, 4) is 11.1 Å². The zero-order valence-corrected chi connectivity index (χ0v) is 61.6. The Labute approximate surface area is 572 Å². The summed E-state index contributed by atoms with van der Waals surface area (Å²) in [5, 5.41) is 0. The van der Waals surface area contributed by atoms with Crippen LogP contribution in [-0.4, -0.2) is 12.3 Å². The van der Waals surface area contributed by atoms with Gasteiger partial charge in [0.25, 0.3) is 6.71 Å². The van der Waals surface area contributed by atoms with Crippen LogP contribution < -0.4 is 31.1 Å². The van der Waals surface area contributed by atoms with Gasteiger partial charge in [-0.25, -0.2) is 0 Å². The largest absolute Gasteiger partial charge is 0.335 e. The standard InChI is InChI=1S/C91H106BN3/c1-83(2,3)62-33-29-59(30-34-62)80(60-31-35-63(36-32-60)84(4,5)6)61-51-78-81-79(52-61)95-82-73(90(20)47-25-26-48-91(90,95)21)53-66(87(13,14)15)54-75(82)92(81)74-46-45-69(93(67-41-37-64(38-42-67)85(7,8)9)68-43-39-65(40-44-68)86(10,11)12)55-77(74)94(78)76-57-72-71(88(16,17)49-50-89(72,18)19)56-70(76)58-27-23-22-24-28-58/h22-24,27-46,51-57,80H,25-26,47-50H2,1-21H3. The van der Waals surface area contributed by atoms with Gasteiger partial charge < -0.3 is 14.7 Å². The van der Waals surface area contributed by atoms with Crippen molar-refractivity contribution < 1.29 is 0 Å². The highest BCUT2D eigenvalue weighted by molar-refractivity contribution is 7.00. The predicted molar refractivity (Wildman–Crippen MR) is 411 cm³/mol. The second-order valence-electron chi connectivity index (χ2n) is 36.5. The Morgan fingerprint density at radius 3 is 1.35 bits per heavy atom. The molecule has 1 fully saturated rings. The maximum Gasteiger partial charge on any atom is 0.252 e. The molecular formula is C91H106BN3. The zero-order chi connectivity index (χ0) is 67.7. The molecule has 0 bridgehead atoms. The summed E-state index contributed by atoms with van der Waals surface area (Å²) in [6.07, 6.45) is 6.98. The number of hydrogen-bond donors (Lipinski definition) is 0. The van der Waals surface area contributed by atoms with Gasteiger partial charge >= 0.3 is 0 Å². The third-order valence-corrected chi connectivity index (χ3v) is 24.0. The molecule has 4 heteroatoms. The van der Waals surface area contributed by atoms with Crippen LogP contribution >= 0.6 is 0 Å². The number of nitrogens with zero attached hydrogens (tertiary/aromatic N) is 3. The average molecular weight is 1250 g/mol. The van der Waals surface area contributed by atoms with Gasteiger partial charge in [0.05, 0.1) is 11.2 Å². The molecule has 1 saturated carbocycles. The number of benzene rings is 9. The number of rotatable bonds is 8. The molecule has 2 aliphatic carbocycles. The summed E-state index contributed by atoms with van der Waals surface area (Å²) >= 11 is 0. The second kappa shape index (κ2) is 22.0. The molecule has 3 nitrogen and oxygen atoms in total. The highest BCUT2D eigenvalue weighted by Gasteiger charge is 2.62. The van der Waals surface area contributed by atoms with Gasteiger partial charge in [-0.1, -0.05) is 273 Å². The van der Waals surface area contributed by atoms with Crippen LogP contribution in [0.15, 0.2) is 182 Å². The molecule has 0 N–H and O–H groups in total. The number of fused-ring (bicyclic) bond motifs is 8. The first-order valence-electron chi connectivity index (χ1n) is 36.1. The van der Waals surface area contributed by atoms with Crippen LogP contribution in [-0.2, 0) is 43.3 Å². The van der Waals surface area contributed by atoms with Crippen LogP contribution in [0.4, 0.5) is 45.5 Å². The van der Waals surface area contributed by atoms with Crippen molar-refractivity contribution in [3.63, 3.8) is 0 Å². The summed E-state index contributed by atoms with van der Waals surface area (Å²) in [7, 11) is 0. The van der Waals surface area contributed by atoms with Crippen LogP contribution in [0.2, 0.25) is 0 Å². The smallest absolute Gasteiger partial charge is 0.252 e. The molecule has 0 amide bonds. The van der Waals surface area contributed by atoms with Gasteiger partial charge in [-0.15, -0.1) is 0 Å². The van der Waals surface area contributed by atoms with Crippen LogP contribution in [0.25, 0.3) is 11.1 Å². The topological polar surface area (TPSA) is 9.72 Å². The van der Waals surface area contributed by atoms with E-state index in [1.807, 2.05) is 0 Å². The molecule has 2 unspecified atom stereocenters. The Balaban J connectivity index is 1.15. The molecular weight excluding hydrogens is 1150 g/mol. The van der Waals surface area contributed by atoms with E-state index in [1.165, 1.54) is 124 Å². The Morgan fingerprint density at radius 1 is 0.379 bits per heavy atom. The normalized spacial score (nSPS) is 19.5. The molecule has 0 spiro atoms. The first-order valence-corrected chi connectivity index (χ1v) is 36.1. The van der Waals surface area contributed by atoms with Crippen molar-refractivity contribution >= 4 is 68.6 Å². The molecule has 14 rings (SSSR count). The van der Waals surface area contributed by atoms with E-state index in [0.29, 0.717) is 0 Å². The summed E-state index contributed by atoms with van der Waals surface area (Å²) < 4.78 is 0. The van der Waals surface area contributed by atoms with Gasteiger partial charge in [-0.2, -0.15) is 0 Å². The molecule has 5 aliphatic rings. The minimum absolute atomic E-state index is 0.00167. The maximum atomic E-state index is 2.98. The van der Waals surface area contributed by atoms with E-state index in [-0.39, 0.29) is 61.5 Å². The van der Waals surface area contributed by atoms with E-state index in [9.17, 15) is 0 Å². The molecule has 9 aromatic carbocycles. The van der Waals surface area contributed by atoms with E-state index < -0.39 is 0 Å². The third-order valence-electron chi connectivity index (χ3n) is 24.0. The zero-order valence-electron chi connectivity index (χ0n) is 61.6. The second-order valence-corrected chi connectivity index (χ2v) is 36.5. The predicted octanol–water partition coefficient (Wildman–Crippen LogP) is 23.2. The Morgan fingerprint density at radius 2 is 0.842 bits per heavy atom. The molecule has 0 radical (unpaired) electrons. The molecule has 0 saturated heterocycles. The van der Waals surface area contributed by atoms with Gasteiger partial charge in [-0.05, 0) is 214 Å². The minimum Gasteiger partial charge on any atom is -0.335 e. The van der Waals surface area contributed by atoms with Crippen LogP contribution in [0, 0.1) is 0 Å². The summed E-state index contributed by atoms with van der Waals surface area (Å²) in [6.45, 7) is 50.6. The van der Waals surface area contributed by atoms with Crippen molar-refractivity contribution in [2.24, 2.45) is 0 Å². The van der Waals surface area contributed by atoms with E-state index in [0.717, 1.165) is 42.7 Å².